The minimum absolute atomic E-state index is 0.170. The van der Waals surface area contributed by atoms with Gasteiger partial charge < -0.3 is 10.6 Å². The predicted molar refractivity (Wildman–Crippen MR) is 77.0 cm³/mol. The summed E-state index contributed by atoms with van der Waals surface area (Å²) in [4.78, 5) is 11.5. The Morgan fingerprint density at radius 3 is 2.11 bits per heavy atom. The SMILES string of the molecule is CC(N)Cc1cnc(N(CC2CC2)CC2CC2)nc1. The first-order valence-electron chi connectivity index (χ1n) is 7.52. The maximum Gasteiger partial charge on any atom is 0.225 e. The zero-order chi connectivity index (χ0) is 13.2. The Kier molecular flexibility index (Phi) is 3.69. The highest BCUT2D eigenvalue weighted by molar-refractivity contribution is 5.31. The lowest BCUT2D eigenvalue weighted by Gasteiger charge is -2.22. The van der Waals surface area contributed by atoms with Crippen molar-refractivity contribution >= 4 is 5.95 Å². The Bertz CT molecular complexity index is 393. The molecule has 19 heavy (non-hydrogen) atoms. The van der Waals surface area contributed by atoms with E-state index in [2.05, 4.69) is 14.9 Å². The van der Waals surface area contributed by atoms with Gasteiger partial charge in [0.2, 0.25) is 5.95 Å². The highest BCUT2D eigenvalue weighted by atomic mass is 15.3. The van der Waals surface area contributed by atoms with Gasteiger partial charge >= 0.3 is 0 Å². The van der Waals surface area contributed by atoms with Crippen LogP contribution in [-0.4, -0.2) is 29.1 Å². The van der Waals surface area contributed by atoms with Crippen molar-refractivity contribution in [3.05, 3.63) is 18.0 Å². The molecule has 0 saturated heterocycles. The van der Waals surface area contributed by atoms with E-state index in [0.29, 0.717) is 0 Å². The molecular formula is C15H24N4. The van der Waals surface area contributed by atoms with Crippen LogP contribution in [0.5, 0.6) is 0 Å². The summed E-state index contributed by atoms with van der Waals surface area (Å²) in [5.74, 6) is 2.67. The summed E-state index contributed by atoms with van der Waals surface area (Å²) in [6.45, 7) is 4.30. The second-order valence-corrected chi connectivity index (χ2v) is 6.36. The molecule has 2 saturated carbocycles. The van der Waals surface area contributed by atoms with Crippen LogP contribution >= 0.6 is 0 Å². The second-order valence-electron chi connectivity index (χ2n) is 6.36. The van der Waals surface area contributed by atoms with Crippen molar-refractivity contribution in [2.24, 2.45) is 17.6 Å². The van der Waals surface area contributed by atoms with Crippen LogP contribution in [0.15, 0.2) is 12.4 Å². The lowest BCUT2D eigenvalue weighted by molar-refractivity contribution is 0.659. The van der Waals surface area contributed by atoms with Crippen LogP contribution in [0.3, 0.4) is 0 Å². The first-order chi connectivity index (χ1) is 9.20. The molecule has 1 unspecified atom stereocenters. The Morgan fingerprint density at radius 1 is 1.16 bits per heavy atom. The maximum absolute atomic E-state index is 5.80. The van der Waals surface area contributed by atoms with Crippen molar-refractivity contribution < 1.29 is 0 Å². The Labute approximate surface area is 115 Å². The molecule has 2 aliphatic rings. The molecule has 0 bridgehead atoms. The fourth-order valence-electron chi connectivity index (χ4n) is 2.45. The van der Waals surface area contributed by atoms with Gasteiger partial charge in [0.05, 0.1) is 0 Å². The van der Waals surface area contributed by atoms with Crippen LogP contribution in [0.4, 0.5) is 5.95 Å². The quantitative estimate of drug-likeness (QED) is 0.814. The van der Waals surface area contributed by atoms with E-state index in [9.17, 15) is 0 Å². The third kappa shape index (κ3) is 3.90. The number of hydrogen-bond donors (Lipinski definition) is 1. The van der Waals surface area contributed by atoms with Crippen molar-refractivity contribution in [2.75, 3.05) is 18.0 Å². The molecule has 0 radical (unpaired) electrons. The van der Waals surface area contributed by atoms with Crippen LogP contribution < -0.4 is 10.6 Å². The van der Waals surface area contributed by atoms with E-state index in [-0.39, 0.29) is 6.04 Å². The fourth-order valence-corrected chi connectivity index (χ4v) is 2.45. The average molecular weight is 260 g/mol. The third-order valence-corrected chi connectivity index (χ3v) is 3.88. The van der Waals surface area contributed by atoms with Crippen LogP contribution in [-0.2, 0) is 6.42 Å². The molecule has 2 aliphatic carbocycles. The van der Waals surface area contributed by atoms with Crippen molar-refractivity contribution in [1.82, 2.24) is 9.97 Å². The van der Waals surface area contributed by atoms with Crippen LogP contribution in [0.25, 0.3) is 0 Å². The molecule has 1 aromatic rings. The van der Waals surface area contributed by atoms with E-state index in [1.165, 1.54) is 25.7 Å². The number of rotatable bonds is 7. The first kappa shape index (κ1) is 12.9. The van der Waals surface area contributed by atoms with Gasteiger partial charge in [-0.1, -0.05) is 0 Å². The molecule has 3 rings (SSSR count). The minimum Gasteiger partial charge on any atom is -0.340 e. The van der Waals surface area contributed by atoms with Gasteiger partial charge in [0, 0.05) is 31.5 Å². The molecule has 4 nitrogen and oxygen atoms in total. The second kappa shape index (κ2) is 5.45. The predicted octanol–water partition coefficient (Wildman–Crippen LogP) is 1.99. The van der Waals surface area contributed by atoms with Crippen LogP contribution in [0, 0.1) is 11.8 Å². The highest BCUT2D eigenvalue weighted by Crippen LogP contribution is 2.34. The summed E-state index contributed by atoms with van der Waals surface area (Å²) in [5.41, 5.74) is 6.94. The zero-order valence-corrected chi connectivity index (χ0v) is 11.8. The van der Waals surface area contributed by atoms with E-state index in [4.69, 9.17) is 5.73 Å². The summed E-state index contributed by atoms with van der Waals surface area (Å²) < 4.78 is 0. The van der Waals surface area contributed by atoms with Gasteiger partial charge in [0.1, 0.15) is 0 Å². The number of hydrogen-bond acceptors (Lipinski definition) is 4. The smallest absolute Gasteiger partial charge is 0.225 e. The van der Waals surface area contributed by atoms with Crippen molar-refractivity contribution in [2.45, 2.75) is 45.1 Å². The minimum atomic E-state index is 0.170. The van der Waals surface area contributed by atoms with Gasteiger partial charge in [-0.05, 0) is 56.4 Å². The number of nitrogens with zero attached hydrogens (tertiary/aromatic N) is 3. The first-order valence-corrected chi connectivity index (χ1v) is 7.52. The van der Waals surface area contributed by atoms with Crippen molar-refractivity contribution in [3.8, 4) is 0 Å². The van der Waals surface area contributed by atoms with Gasteiger partial charge in [-0.15, -0.1) is 0 Å². The van der Waals surface area contributed by atoms with E-state index in [1.54, 1.807) is 0 Å². The summed E-state index contributed by atoms with van der Waals surface area (Å²) in [7, 11) is 0. The lowest BCUT2D eigenvalue weighted by atomic mass is 10.1. The summed E-state index contributed by atoms with van der Waals surface area (Å²) in [5, 5.41) is 0. The summed E-state index contributed by atoms with van der Waals surface area (Å²) in [6, 6.07) is 0.170. The molecular weight excluding hydrogens is 236 g/mol. The average Bonchev–Trinajstić information content (AvgIpc) is 3.23. The Balaban J connectivity index is 1.65. The molecule has 1 heterocycles. The molecule has 1 aromatic heterocycles. The van der Waals surface area contributed by atoms with Gasteiger partial charge in [-0.2, -0.15) is 0 Å². The molecule has 0 aromatic carbocycles. The number of aromatic nitrogens is 2. The lowest BCUT2D eigenvalue weighted by Crippen LogP contribution is -2.30. The fraction of sp³-hybridized carbons (Fsp3) is 0.733. The van der Waals surface area contributed by atoms with E-state index >= 15 is 0 Å². The Hall–Kier alpha value is -1.16. The molecule has 1 atom stereocenters. The van der Waals surface area contributed by atoms with E-state index in [1.807, 2.05) is 19.3 Å². The van der Waals surface area contributed by atoms with Crippen LogP contribution in [0.2, 0.25) is 0 Å². The molecule has 0 amide bonds. The van der Waals surface area contributed by atoms with Gasteiger partial charge in [-0.3, -0.25) is 0 Å². The van der Waals surface area contributed by atoms with Gasteiger partial charge in [-0.25, -0.2) is 9.97 Å². The molecule has 2 N–H and O–H groups in total. The number of anilines is 1. The molecule has 4 heteroatoms. The molecule has 0 spiro atoms. The standard InChI is InChI=1S/C15H24N4/c1-11(16)6-14-7-17-15(18-8-14)19(9-12-2-3-12)10-13-4-5-13/h7-8,11-13H,2-6,9-10,16H2,1H3. The Morgan fingerprint density at radius 2 is 1.68 bits per heavy atom. The topological polar surface area (TPSA) is 55.0 Å². The molecule has 0 aliphatic heterocycles. The maximum atomic E-state index is 5.80. The van der Waals surface area contributed by atoms with Gasteiger partial charge in [0.15, 0.2) is 0 Å². The summed E-state index contributed by atoms with van der Waals surface area (Å²) in [6.07, 6.45) is 10.3. The number of nitrogens with two attached hydrogens (primary N) is 1. The normalized spacial score (nSPS) is 20.3. The molecule has 2 fully saturated rings. The molecule has 104 valence electrons. The van der Waals surface area contributed by atoms with Crippen LogP contribution in [0.1, 0.15) is 38.2 Å². The third-order valence-electron chi connectivity index (χ3n) is 3.88. The highest BCUT2D eigenvalue weighted by Gasteiger charge is 2.30. The van der Waals surface area contributed by atoms with Crippen molar-refractivity contribution in [3.63, 3.8) is 0 Å². The largest absolute Gasteiger partial charge is 0.340 e. The zero-order valence-electron chi connectivity index (χ0n) is 11.8. The summed E-state index contributed by atoms with van der Waals surface area (Å²) >= 11 is 0. The van der Waals surface area contributed by atoms with Gasteiger partial charge in [0.25, 0.3) is 0 Å². The monoisotopic (exact) mass is 260 g/mol. The van der Waals surface area contributed by atoms with E-state index in [0.717, 1.165) is 42.9 Å². The van der Waals surface area contributed by atoms with Crippen molar-refractivity contribution in [1.29, 1.82) is 0 Å². The van der Waals surface area contributed by atoms with E-state index < -0.39 is 0 Å².